The maximum absolute atomic E-state index is 13.1. The van der Waals surface area contributed by atoms with Crippen LogP contribution in [0, 0.1) is 19.3 Å². The van der Waals surface area contributed by atoms with Gasteiger partial charge in [-0.05, 0) is 39.5 Å². The first-order valence-corrected chi connectivity index (χ1v) is 9.39. The summed E-state index contributed by atoms with van der Waals surface area (Å²) in [7, 11) is -1.75. The first kappa shape index (κ1) is 16.0. The number of hydrogen-bond donors (Lipinski definition) is 1. The monoisotopic (exact) mass is 327 g/mol. The fourth-order valence-electron chi connectivity index (χ4n) is 4.31. The summed E-state index contributed by atoms with van der Waals surface area (Å²) in [4.78, 5) is 0.344. The number of nitrogens with one attached hydrogen (secondary N) is 1. The van der Waals surface area contributed by atoms with Gasteiger partial charge in [0.05, 0.1) is 17.5 Å². The predicted molar refractivity (Wildman–Crippen MR) is 83.1 cm³/mol. The standard InChI is InChI=1S/C15H25N3O3S/c1-11-14(12(2)17-16-11)22(19,20)18-9-5-8-15(10-18)7-4-6-13(15)21-3/h13H,4-10H2,1-3H3,(H,16,17)/t13-,15+/m1/s1. The Kier molecular flexibility index (Phi) is 4.07. The molecule has 1 N–H and O–H groups in total. The lowest BCUT2D eigenvalue weighted by atomic mass is 9.77. The highest BCUT2D eigenvalue weighted by atomic mass is 32.2. The second-order valence-electron chi connectivity index (χ2n) is 6.68. The summed E-state index contributed by atoms with van der Waals surface area (Å²) >= 11 is 0. The summed E-state index contributed by atoms with van der Waals surface area (Å²) < 4.78 is 33.4. The van der Waals surface area contributed by atoms with Crippen LogP contribution in [0.3, 0.4) is 0 Å². The Hall–Kier alpha value is -0.920. The van der Waals surface area contributed by atoms with Crippen molar-refractivity contribution in [3.05, 3.63) is 11.4 Å². The molecule has 3 rings (SSSR count). The molecule has 1 spiro atoms. The number of H-pyrrole nitrogens is 1. The van der Waals surface area contributed by atoms with Gasteiger partial charge in [0.2, 0.25) is 10.0 Å². The Bertz CT molecular complexity index is 635. The smallest absolute Gasteiger partial charge is 0.246 e. The maximum Gasteiger partial charge on any atom is 0.246 e. The molecular formula is C15H25N3O3S. The van der Waals surface area contributed by atoms with E-state index in [1.807, 2.05) is 0 Å². The fraction of sp³-hybridized carbons (Fsp3) is 0.800. The highest BCUT2D eigenvalue weighted by molar-refractivity contribution is 7.89. The van der Waals surface area contributed by atoms with E-state index in [0.29, 0.717) is 29.4 Å². The van der Waals surface area contributed by atoms with Crippen molar-refractivity contribution in [1.82, 2.24) is 14.5 Å². The molecule has 6 nitrogen and oxygen atoms in total. The minimum Gasteiger partial charge on any atom is -0.381 e. The molecule has 1 aromatic heterocycles. The summed E-state index contributed by atoms with van der Waals surface area (Å²) in [6, 6.07) is 0. The number of hydrogen-bond acceptors (Lipinski definition) is 4. The number of aromatic nitrogens is 2. The number of aromatic amines is 1. The molecule has 2 heterocycles. The molecule has 7 heteroatoms. The summed E-state index contributed by atoms with van der Waals surface area (Å²) in [5.74, 6) is 0. The van der Waals surface area contributed by atoms with Crippen LogP contribution in [0.2, 0.25) is 0 Å². The number of aryl methyl sites for hydroxylation is 2. The molecule has 1 aliphatic carbocycles. The molecule has 0 amide bonds. The van der Waals surface area contributed by atoms with Crippen LogP contribution in [0.15, 0.2) is 4.90 Å². The molecule has 1 saturated carbocycles. The van der Waals surface area contributed by atoms with Gasteiger partial charge in [-0.3, -0.25) is 5.10 Å². The van der Waals surface area contributed by atoms with Crippen LogP contribution in [0.4, 0.5) is 0 Å². The number of ether oxygens (including phenoxy) is 1. The van der Waals surface area contributed by atoms with Crippen LogP contribution in [-0.4, -0.2) is 49.2 Å². The van der Waals surface area contributed by atoms with Crippen LogP contribution >= 0.6 is 0 Å². The third-order valence-corrected chi connectivity index (χ3v) is 7.45. The molecule has 124 valence electrons. The van der Waals surface area contributed by atoms with E-state index in [4.69, 9.17) is 4.74 Å². The Balaban J connectivity index is 1.92. The number of sulfonamides is 1. The summed E-state index contributed by atoms with van der Waals surface area (Å²) in [6.07, 6.45) is 5.35. The molecule has 2 aliphatic rings. The second kappa shape index (κ2) is 5.62. The Morgan fingerprint density at radius 2 is 2.05 bits per heavy atom. The lowest BCUT2D eigenvalue weighted by molar-refractivity contribution is -0.0185. The quantitative estimate of drug-likeness (QED) is 0.921. The van der Waals surface area contributed by atoms with Gasteiger partial charge in [-0.25, -0.2) is 8.42 Å². The van der Waals surface area contributed by atoms with Crippen molar-refractivity contribution in [2.45, 2.75) is 57.0 Å². The lowest BCUT2D eigenvalue weighted by Gasteiger charge is -2.43. The van der Waals surface area contributed by atoms with E-state index in [1.54, 1.807) is 25.3 Å². The number of rotatable bonds is 3. The fourth-order valence-corrected chi connectivity index (χ4v) is 6.22. The van der Waals surface area contributed by atoms with Gasteiger partial charge in [-0.1, -0.05) is 6.42 Å². The first-order valence-electron chi connectivity index (χ1n) is 7.95. The molecule has 1 aliphatic heterocycles. The van der Waals surface area contributed by atoms with Gasteiger partial charge in [-0.15, -0.1) is 0 Å². The van der Waals surface area contributed by atoms with Crippen LogP contribution in [0.5, 0.6) is 0 Å². The van der Waals surface area contributed by atoms with Crippen molar-refractivity contribution in [1.29, 1.82) is 0 Å². The highest BCUT2D eigenvalue weighted by Crippen LogP contribution is 2.47. The van der Waals surface area contributed by atoms with Crippen molar-refractivity contribution in [3.63, 3.8) is 0 Å². The number of piperidine rings is 1. The Morgan fingerprint density at radius 1 is 1.32 bits per heavy atom. The highest BCUT2D eigenvalue weighted by Gasteiger charge is 2.48. The molecule has 0 radical (unpaired) electrons. The topological polar surface area (TPSA) is 75.3 Å². The van der Waals surface area contributed by atoms with Crippen molar-refractivity contribution in [3.8, 4) is 0 Å². The van der Waals surface area contributed by atoms with Gasteiger partial charge >= 0.3 is 0 Å². The lowest BCUT2D eigenvalue weighted by Crippen LogP contribution is -2.49. The zero-order valence-electron chi connectivity index (χ0n) is 13.6. The third-order valence-electron chi connectivity index (χ3n) is 5.34. The molecule has 2 fully saturated rings. The first-order chi connectivity index (χ1) is 10.4. The van der Waals surface area contributed by atoms with E-state index in [-0.39, 0.29) is 11.5 Å². The van der Waals surface area contributed by atoms with Crippen LogP contribution in [-0.2, 0) is 14.8 Å². The third kappa shape index (κ3) is 2.39. The largest absolute Gasteiger partial charge is 0.381 e. The van der Waals surface area contributed by atoms with Crippen LogP contribution in [0.25, 0.3) is 0 Å². The normalized spacial score (nSPS) is 30.2. The van der Waals surface area contributed by atoms with Crippen molar-refractivity contribution >= 4 is 10.0 Å². The van der Waals surface area contributed by atoms with Gasteiger partial charge in [0.25, 0.3) is 0 Å². The van der Waals surface area contributed by atoms with E-state index >= 15 is 0 Å². The molecule has 1 saturated heterocycles. The average Bonchev–Trinajstić information content (AvgIpc) is 3.02. The Labute approximate surface area is 132 Å². The van der Waals surface area contributed by atoms with E-state index in [0.717, 1.165) is 32.1 Å². The molecule has 0 unspecified atom stereocenters. The summed E-state index contributed by atoms with van der Waals surface area (Å²) in [5, 5.41) is 6.82. The minimum absolute atomic E-state index is 0.00832. The van der Waals surface area contributed by atoms with Crippen LogP contribution < -0.4 is 0 Å². The summed E-state index contributed by atoms with van der Waals surface area (Å²) in [6.45, 7) is 4.66. The SMILES string of the molecule is CO[C@@H]1CCC[C@@]12CCCN(S(=O)(=O)c1c(C)n[nH]c1C)C2. The summed E-state index contributed by atoms with van der Waals surface area (Å²) in [5.41, 5.74) is 1.16. The predicted octanol–water partition coefficient (Wildman–Crippen LogP) is 2.00. The van der Waals surface area contributed by atoms with Gasteiger partial charge < -0.3 is 4.74 Å². The van der Waals surface area contributed by atoms with E-state index < -0.39 is 10.0 Å². The van der Waals surface area contributed by atoms with Gasteiger partial charge in [0, 0.05) is 25.6 Å². The second-order valence-corrected chi connectivity index (χ2v) is 8.56. The molecule has 0 bridgehead atoms. The number of methoxy groups -OCH3 is 1. The molecule has 22 heavy (non-hydrogen) atoms. The minimum atomic E-state index is -3.49. The molecule has 2 atom stereocenters. The van der Waals surface area contributed by atoms with Gasteiger partial charge in [0.1, 0.15) is 4.90 Å². The van der Waals surface area contributed by atoms with Gasteiger partial charge in [-0.2, -0.15) is 9.40 Å². The molecular weight excluding hydrogens is 302 g/mol. The number of nitrogens with zero attached hydrogens (tertiary/aromatic N) is 2. The van der Waals surface area contributed by atoms with Crippen molar-refractivity contribution < 1.29 is 13.2 Å². The Morgan fingerprint density at radius 3 is 2.68 bits per heavy atom. The zero-order valence-corrected chi connectivity index (χ0v) is 14.4. The van der Waals surface area contributed by atoms with Crippen molar-refractivity contribution in [2.75, 3.05) is 20.2 Å². The maximum atomic E-state index is 13.1. The van der Waals surface area contributed by atoms with Crippen molar-refractivity contribution in [2.24, 2.45) is 5.41 Å². The van der Waals surface area contributed by atoms with Crippen LogP contribution in [0.1, 0.15) is 43.5 Å². The van der Waals surface area contributed by atoms with E-state index in [2.05, 4.69) is 10.2 Å². The molecule has 0 aromatic carbocycles. The van der Waals surface area contributed by atoms with E-state index in [1.165, 1.54) is 0 Å². The average molecular weight is 327 g/mol. The van der Waals surface area contributed by atoms with Gasteiger partial charge in [0.15, 0.2) is 0 Å². The zero-order chi connectivity index (χ0) is 16.0. The van der Waals surface area contributed by atoms with E-state index in [9.17, 15) is 8.42 Å². The molecule has 1 aromatic rings.